The second kappa shape index (κ2) is 10.8. The van der Waals surface area contributed by atoms with E-state index in [1.165, 1.54) is 0 Å². The Hall–Kier alpha value is -2.11. The Morgan fingerprint density at radius 3 is 2.43 bits per heavy atom. The first-order chi connectivity index (χ1) is 14.5. The van der Waals surface area contributed by atoms with Gasteiger partial charge in [-0.1, -0.05) is 70.7 Å². The Morgan fingerprint density at radius 2 is 1.70 bits per heavy atom. The number of nitrogens with zero attached hydrogens (tertiary/aromatic N) is 1. The predicted octanol–water partition coefficient (Wildman–Crippen LogP) is 7.01. The van der Waals surface area contributed by atoms with Crippen LogP contribution in [0, 0.1) is 0 Å². The zero-order chi connectivity index (χ0) is 21.5. The molecule has 0 amide bonds. The van der Waals surface area contributed by atoms with Gasteiger partial charge < -0.3 is 14.9 Å². The Labute approximate surface area is 195 Å². The fourth-order valence-corrected chi connectivity index (χ4v) is 3.43. The molecule has 156 valence electrons. The molecule has 0 aliphatic carbocycles. The van der Waals surface area contributed by atoms with Crippen LogP contribution in [0.25, 0.3) is 0 Å². The summed E-state index contributed by atoms with van der Waals surface area (Å²) in [4.78, 5) is 0. The van der Waals surface area contributed by atoms with Crippen molar-refractivity contribution in [3.63, 3.8) is 0 Å². The minimum absolute atomic E-state index is 0.264. The van der Waals surface area contributed by atoms with Crippen molar-refractivity contribution in [3.05, 3.63) is 91.4 Å². The fourth-order valence-electron chi connectivity index (χ4n) is 2.63. The van der Waals surface area contributed by atoms with Crippen molar-refractivity contribution in [3.8, 4) is 11.5 Å². The molecule has 0 atom stereocenters. The van der Waals surface area contributed by atoms with Gasteiger partial charge in [-0.3, -0.25) is 0 Å². The van der Waals surface area contributed by atoms with Crippen molar-refractivity contribution in [1.82, 2.24) is 5.43 Å². The molecule has 0 saturated heterocycles. The molecule has 0 unspecified atom stereocenters. The van der Waals surface area contributed by atoms with Crippen LogP contribution < -0.4 is 14.9 Å². The molecule has 3 aromatic rings. The summed E-state index contributed by atoms with van der Waals surface area (Å²) in [6.45, 7) is 0.770. The van der Waals surface area contributed by atoms with E-state index in [0.717, 1.165) is 16.7 Å². The van der Waals surface area contributed by atoms with Crippen molar-refractivity contribution in [1.29, 1.82) is 0 Å². The van der Waals surface area contributed by atoms with E-state index in [4.69, 9.17) is 55.9 Å². The van der Waals surface area contributed by atoms with Gasteiger partial charge in [0.2, 0.25) is 0 Å². The maximum atomic E-state index is 6.41. The van der Waals surface area contributed by atoms with Gasteiger partial charge in [-0.15, -0.1) is 0 Å². The van der Waals surface area contributed by atoms with Crippen LogP contribution in [0.1, 0.15) is 16.7 Å². The second-order valence-electron chi connectivity index (χ2n) is 6.26. The average molecular weight is 484 g/mol. The first-order valence-corrected chi connectivity index (χ1v) is 10.4. The number of ether oxygens (including phenoxy) is 2. The third-order valence-electron chi connectivity index (χ3n) is 4.15. The molecule has 30 heavy (non-hydrogen) atoms. The number of rotatable bonds is 8. The van der Waals surface area contributed by atoms with Crippen LogP contribution in [0.3, 0.4) is 0 Å². The van der Waals surface area contributed by atoms with Gasteiger partial charge >= 0.3 is 0 Å². The van der Waals surface area contributed by atoms with Gasteiger partial charge in [0.25, 0.3) is 0 Å². The van der Waals surface area contributed by atoms with Gasteiger partial charge in [0.15, 0.2) is 11.5 Å². The molecule has 0 heterocycles. The highest BCUT2D eigenvalue weighted by atomic mass is 35.5. The topological polar surface area (TPSA) is 42.8 Å². The van der Waals surface area contributed by atoms with Crippen molar-refractivity contribution < 1.29 is 9.47 Å². The average Bonchev–Trinajstić information content (AvgIpc) is 2.73. The van der Waals surface area contributed by atoms with E-state index in [2.05, 4.69) is 10.5 Å². The Morgan fingerprint density at radius 1 is 0.900 bits per heavy atom. The summed E-state index contributed by atoms with van der Waals surface area (Å²) in [7, 11) is 1.55. The van der Waals surface area contributed by atoms with E-state index in [-0.39, 0.29) is 6.61 Å². The number of hydrogen-bond donors (Lipinski definition) is 1. The third kappa shape index (κ3) is 5.96. The monoisotopic (exact) mass is 482 g/mol. The molecule has 4 nitrogen and oxygen atoms in total. The summed E-state index contributed by atoms with van der Waals surface area (Å²) in [6.07, 6.45) is 1.65. The zero-order valence-corrected chi connectivity index (χ0v) is 19.0. The van der Waals surface area contributed by atoms with Crippen molar-refractivity contribution in [2.75, 3.05) is 7.11 Å². The SMILES string of the molecule is COc1cc(/C=N\NCc2ccccc2Cl)cc(Cl)c1OCc1ccc(Cl)c(Cl)c1. The maximum Gasteiger partial charge on any atom is 0.180 e. The molecule has 0 spiro atoms. The fraction of sp³-hybridized carbons (Fsp3) is 0.136. The Balaban J connectivity index is 1.67. The Kier molecular flexibility index (Phi) is 8.11. The molecule has 0 aliphatic rings. The van der Waals surface area contributed by atoms with Crippen molar-refractivity contribution in [2.45, 2.75) is 13.2 Å². The molecule has 3 aromatic carbocycles. The van der Waals surface area contributed by atoms with E-state index in [1.807, 2.05) is 30.3 Å². The minimum Gasteiger partial charge on any atom is -0.493 e. The largest absolute Gasteiger partial charge is 0.493 e. The summed E-state index contributed by atoms with van der Waals surface area (Å²) >= 11 is 24.5. The highest BCUT2D eigenvalue weighted by Gasteiger charge is 2.12. The van der Waals surface area contributed by atoms with Crippen molar-refractivity contribution >= 4 is 52.6 Å². The van der Waals surface area contributed by atoms with E-state index in [0.29, 0.717) is 38.1 Å². The number of methoxy groups -OCH3 is 1. The van der Waals surface area contributed by atoms with E-state index in [1.54, 1.807) is 37.6 Å². The van der Waals surface area contributed by atoms with Gasteiger partial charge in [0, 0.05) is 5.02 Å². The summed E-state index contributed by atoms with van der Waals surface area (Å²) < 4.78 is 11.3. The number of benzene rings is 3. The lowest BCUT2D eigenvalue weighted by Gasteiger charge is -2.13. The number of halogens is 4. The maximum absolute atomic E-state index is 6.41. The minimum atomic E-state index is 0.264. The molecule has 8 heteroatoms. The summed E-state index contributed by atoms with van der Waals surface area (Å²) in [5.41, 5.74) is 5.54. The summed E-state index contributed by atoms with van der Waals surface area (Å²) in [5.74, 6) is 0.932. The normalized spacial score (nSPS) is 11.0. The first kappa shape index (κ1) is 22.6. The van der Waals surface area contributed by atoms with Crippen LogP contribution in [0.15, 0.2) is 59.7 Å². The lowest BCUT2D eigenvalue weighted by atomic mass is 10.2. The van der Waals surface area contributed by atoms with Crippen LogP contribution in [-0.2, 0) is 13.2 Å². The lowest BCUT2D eigenvalue weighted by molar-refractivity contribution is 0.284. The second-order valence-corrected chi connectivity index (χ2v) is 7.88. The summed E-state index contributed by atoms with van der Waals surface area (Å²) in [6, 6.07) is 16.4. The van der Waals surface area contributed by atoms with Crippen LogP contribution in [0.2, 0.25) is 20.1 Å². The van der Waals surface area contributed by atoms with Crippen LogP contribution in [-0.4, -0.2) is 13.3 Å². The molecule has 0 radical (unpaired) electrons. The van der Waals surface area contributed by atoms with Crippen LogP contribution in [0.5, 0.6) is 11.5 Å². The number of hydrogen-bond acceptors (Lipinski definition) is 4. The molecule has 3 rings (SSSR count). The lowest BCUT2D eigenvalue weighted by Crippen LogP contribution is -2.06. The van der Waals surface area contributed by atoms with E-state index in [9.17, 15) is 0 Å². The number of nitrogens with one attached hydrogen (secondary N) is 1. The Bertz CT molecular complexity index is 1060. The van der Waals surface area contributed by atoms with Gasteiger partial charge in [-0.2, -0.15) is 5.10 Å². The van der Waals surface area contributed by atoms with Gasteiger partial charge in [-0.05, 0) is 47.0 Å². The third-order valence-corrected chi connectivity index (χ3v) is 5.54. The molecule has 0 saturated carbocycles. The van der Waals surface area contributed by atoms with Gasteiger partial charge in [0.1, 0.15) is 6.61 Å². The molecule has 1 N–H and O–H groups in total. The molecule has 0 aliphatic heterocycles. The molecular weight excluding hydrogens is 466 g/mol. The van der Waals surface area contributed by atoms with E-state index < -0.39 is 0 Å². The zero-order valence-electron chi connectivity index (χ0n) is 16.0. The number of hydrazone groups is 1. The standard InChI is InChI=1S/C22H18Cl4N2O2/c1-29-21-10-15(11-27-28-12-16-4-2-3-5-17(16)23)9-20(26)22(21)30-13-14-6-7-18(24)19(25)8-14/h2-11,28H,12-13H2,1H3/b27-11-. The predicted molar refractivity (Wildman–Crippen MR) is 125 cm³/mol. The molecule has 0 aromatic heterocycles. The van der Waals surface area contributed by atoms with Gasteiger partial charge in [-0.25, -0.2) is 0 Å². The van der Waals surface area contributed by atoms with Crippen LogP contribution in [0.4, 0.5) is 0 Å². The van der Waals surface area contributed by atoms with Crippen LogP contribution >= 0.6 is 46.4 Å². The quantitative estimate of drug-likeness (QED) is 0.276. The first-order valence-electron chi connectivity index (χ1n) is 8.91. The highest BCUT2D eigenvalue weighted by molar-refractivity contribution is 6.42. The summed E-state index contributed by atoms with van der Waals surface area (Å²) in [5, 5.41) is 6.27. The molecule has 0 fully saturated rings. The highest BCUT2D eigenvalue weighted by Crippen LogP contribution is 2.37. The smallest absolute Gasteiger partial charge is 0.180 e. The van der Waals surface area contributed by atoms with E-state index >= 15 is 0 Å². The van der Waals surface area contributed by atoms with Crippen molar-refractivity contribution in [2.24, 2.45) is 5.10 Å². The molecule has 0 bridgehead atoms. The van der Waals surface area contributed by atoms with Gasteiger partial charge in [0.05, 0.1) is 34.9 Å². The molecular formula is C22H18Cl4N2O2.